The molecule has 1 aliphatic heterocycles. The summed E-state index contributed by atoms with van der Waals surface area (Å²) in [5, 5.41) is 13.1. The number of hydrogen-bond donors (Lipinski definition) is 2. The van der Waals surface area contributed by atoms with Crippen LogP contribution in [0.5, 0.6) is 11.5 Å². The van der Waals surface area contributed by atoms with Crippen LogP contribution in [-0.4, -0.2) is 30.8 Å². The quantitative estimate of drug-likeness (QED) is 0.436. The van der Waals surface area contributed by atoms with Gasteiger partial charge in [0.15, 0.2) is 11.6 Å². The molecule has 0 unspecified atom stereocenters. The third kappa shape index (κ3) is 5.18. The number of benzene rings is 3. The van der Waals surface area contributed by atoms with E-state index in [2.05, 4.69) is 5.32 Å². The number of halogens is 2. The summed E-state index contributed by atoms with van der Waals surface area (Å²) in [6.07, 6.45) is 0.607. The Kier molecular flexibility index (Phi) is 8.18. The largest absolute Gasteiger partial charge is 0.494 e. The average molecular weight is 486 g/mol. The van der Waals surface area contributed by atoms with Gasteiger partial charge >= 0.3 is 5.97 Å². The minimum absolute atomic E-state index is 0. The lowest BCUT2D eigenvalue weighted by atomic mass is 9.81. The summed E-state index contributed by atoms with van der Waals surface area (Å²) in [5.74, 6) is -0.240. The second kappa shape index (κ2) is 10.9. The van der Waals surface area contributed by atoms with E-state index >= 15 is 0 Å². The summed E-state index contributed by atoms with van der Waals surface area (Å²) in [4.78, 5) is 11.7. The van der Waals surface area contributed by atoms with Crippen LogP contribution in [0.3, 0.4) is 0 Å². The molecule has 180 valence electrons. The van der Waals surface area contributed by atoms with Gasteiger partial charge in [0.2, 0.25) is 0 Å². The van der Waals surface area contributed by atoms with Crippen molar-refractivity contribution in [3.63, 3.8) is 0 Å². The molecule has 1 heterocycles. The minimum atomic E-state index is -0.920. The van der Waals surface area contributed by atoms with Gasteiger partial charge in [-0.25, -0.2) is 9.18 Å². The van der Waals surface area contributed by atoms with Crippen molar-refractivity contribution in [3.8, 4) is 11.5 Å². The average Bonchev–Trinajstić information content (AvgIpc) is 2.82. The van der Waals surface area contributed by atoms with Gasteiger partial charge in [0.1, 0.15) is 11.9 Å². The van der Waals surface area contributed by atoms with E-state index in [4.69, 9.17) is 9.47 Å². The van der Waals surface area contributed by atoms with E-state index in [-0.39, 0.29) is 42.0 Å². The van der Waals surface area contributed by atoms with Crippen molar-refractivity contribution in [1.82, 2.24) is 5.32 Å². The summed E-state index contributed by atoms with van der Waals surface area (Å²) in [6.45, 7) is 4.47. The smallest absolute Gasteiger partial charge is 0.335 e. The Balaban J connectivity index is 0.00000324. The highest BCUT2D eigenvalue weighted by Gasteiger charge is 2.31. The molecule has 0 radical (unpaired) electrons. The molecule has 0 fully saturated rings. The number of carboxylic acids is 1. The van der Waals surface area contributed by atoms with E-state index < -0.39 is 5.97 Å². The first-order chi connectivity index (χ1) is 15.9. The van der Waals surface area contributed by atoms with Gasteiger partial charge in [-0.1, -0.05) is 36.4 Å². The summed E-state index contributed by atoms with van der Waals surface area (Å²) in [7, 11) is 1.45. The van der Waals surface area contributed by atoms with Crippen LogP contribution in [0.1, 0.15) is 57.9 Å². The Labute approximate surface area is 205 Å². The molecule has 0 amide bonds. The zero-order valence-corrected chi connectivity index (χ0v) is 20.2. The monoisotopic (exact) mass is 485 g/mol. The number of carbonyl (C=O) groups is 1. The molecule has 0 aromatic heterocycles. The molecule has 3 aromatic rings. The maximum atomic E-state index is 13.8. The van der Waals surface area contributed by atoms with Gasteiger partial charge in [-0.05, 0) is 61.2 Å². The van der Waals surface area contributed by atoms with Gasteiger partial charge in [-0.15, -0.1) is 12.4 Å². The van der Waals surface area contributed by atoms with Crippen LogP contribution < -0.4 is 14.8 Å². The predicted molar refractivity (Wildman–Crippen MR) is 132 cm³/mol. The molecule has 34 heavy (non-hydrogen) atoms. The Bertz CT molecular complexity index is 1170. The van der Waals surface area contributed by atoms with Crippen LogP contribution in [-0.2, 0) is 0 Å². The molecular formula is C27H29ClFNO4. The van der Waals surface area contributed by atoms with Gasteiger partial charge in [0.25, 0.3) is 0 Å². The molecule has 5 nitrogen and oxygen atoms in total. The first-order valence-electron chi connectivity index (χ1n) is 11.0. The van der Waals surface area contributed by atoms with Crippen molar-refractivity contribution >= 4 is 18.4 Å². The molecule has 7 heteroatoms. The molecule has 3 aromatic carbocycles. The van der Waals surface area contributed by atoms with Gasteiger partial charge in [0.05, 0.1) is 12.7 Å². The van der Waals surface area contributed by atoms with E-state index in [1.165, 1.54) is 13.2 Å². The number of rotatable bonds is 7. The molecular weight excluding hydrogens is 457 g/mol. The maximum absolute atomic E-state index is 13.8. The van der Waals surface area contributed by atoms with Crippen molar-refractivity contribution in [2.45, 2.75) is 38.3 Å². The third-order valence-corrected chi connectivity index (χ3v) is 6.40. The fourth-order valence-corrected chi connectivity index (χ4v) is 4.55. The Morgan fingerprint density at radius 3 is 2.65 bits per heavy atom. The van der Waals surface area contributed by atoms with Crippen LogP contribution >= 0.6 is 12.4 Å². The van der Waals surface area contributed by atoms with Crippen LogP contribution in [0.15, 0.2) is 60.7 Å². The normalized spacial score (nSPS) is 17.6. The Hall–Kier alpha value is -3.09. The molecule has 1 aliphatic rings. The second-order valence-electron chi connectivity index (χ2n) is 8.41. The number of fused-ring (bicyclic) bond motifs is 1. The fraction of sp³-hybridized carbons (Fsp3) is 0.296. The number of nitrogens with one attached hydrogen (secondary N) is 1. The predicted octanol–water partition coefficient (Wildman–Crippen LogP) is 5.90. The van der Waals surface area contributed by atoms with Crippen molar-refractivity contribution in [1.29, 1.82) is 0 Å². The fourth-order valence-electron chi connectivity index (χ4n) is 4.55. The molecule has 0 saturated heterocycles. The highest BCUT2D eigenvalue weighted by Crippen LogP contribution is 2.41. The lowest BCUT2D eigenvalue weighted by Gasteiger charge is -2.34. The van der Waals surface area contributed by atoms with Crippen LogP contribution in [0.25, 0.3) is 0 Å². The standard InChI is InChI=1S/C27H28FNO4.ClH/c1-16-20(8-6-9-21(16)27(30)31)23-14-19(33-25-10-5-4-7-22(23)25)15-29-17(2)18-11-12-24(28)26(13-18)32-3;/h4-13,17,19,23,29H,14-15H2,1-3H3,(H,30,31);1H/t17-,19-,23+;/m1./s1. The number of ether oxygens (including phenoxy) is 2. The first kappa shape index (κ1) is 25.5. The number of hydrogen-bond acceptors (Lipinski definition) is 4. The molecule has 3 atom stereocenters. The second-order valence-corrected chi connectivity index (χ2v) is 8.41. The van der Waals surface area contributed by atoms with Gasteiger partial charge in [-0.3, -0.25) is 0 Å². The number of para-hydroxylation sites is 1. The molecule has 0 saturated carbocycles. The van der Waals surface area contributed by atoms with Gasteiger partial charge in [0, 0.05) is 24.1 Å². The first-order valence-corrected chi connectivity index (χ1v) is 11.0. The topological polar surface area (TPSA) is 67.8 Å². The van der Waals surface area contributed by atoms with Gasteiger partial charge < -0.3 is 19.9 Å². The maximum Gasteiger partial charge on any atom is 0.335 e. The lowest BCUT2D eigenvalue weighted by molar-refractivity contribution is 0.0696. The van der Waals surface area contributed by atoms with Crippen LogP contribution in [0.4, 0.5) is 4.39 Å². The number of carboxylic acid groups (broad SMARTS) is 1. The van der Waals surface area contributed by atoms with Crippen LogP contribution in [0, 0.1) is 12.7 Å². The van der Waals surface area contributed by atoms with Crippen molar-refractivity contribution in [2.24, 2.45) is 0 Å². The summed E-state index contributed by atoms with van der Waals surface area (Å²) >= 11 is 0. The lowest BCUT2D eigenvalue weighted by Crippen LogP contribution is -2.37. The van der Waals surface area contributed by atoms with Crippen molar-refractivity contribution < 1.29 is 23.8 Å². The molecule has 0 spiro atoms. The zero-order valence-electron chi connectivity index (χ0n) is 19.4. The van der Waals surface area contributed by atoms with E-state index in [1.807, 2.05) is 44.2 Å². The Morgan fingerprint density at radius 1 is 1.18 bits per heavy atom. The zero-order chi connectivity index (χ0) is 23.5. The van der Waals surface area contributed by atoms with E-state index in [0.717, 1.165) is 28.0 Å². The molecule has 2 N–H and O–H groups in total. The van der Waals surface area contributed by atoms with Crippen molar-refractivity contribution in [2.75, 3.05) is 13.7 Å². The third-order valence-electron chi connectivity index (χ3n) is 6.40. The highest BCUT2D eigenvalue weighted by molar-refractivity contribution is 5.89. The van der Waals surface area contributed by atoms with E-state index in [1.54, 1.807) is 24.3 Å². The highest BCUT2D eigenvalue weighted by atomic mass is 35.5. The van der Waals surface area contributed by atoms with E-state index in [9.17, 15) is 14.3 Å². The SMILES string of the molecule is COc1cc([C@@H](C)NC[C@H]2C[C@@H](c3cccc(C(=O)O)c3C)c3ccccc3O2)ccc1F.Cl. The van der Waals surface area contributed by atoms with Gasteiger partial charge in [-0.2, -0.15) is 0 Å². The number of aromatic carboxylic acids is 1. The summed E-state index contributed by atoms with van der Waals surface area (Å²) in [6, 6.07) is 18.2. The molecule has 0 bridgehead atoms. The van der Waals surface area contributed by atoms with Crippen molar-refractivity contribution in [3.05, 3.63) is 94.3 Å². The number of methoxy groups -OCH3 is 1. The van der Waals surface area contributed by atoms with Crippen LogP contribution in [0.2, 0.25) is 0 Å². The van der Waals surface area contributed by atoms with E-state index in [0.29, 0.717) is 18.5 Å². The Morgan fingerprint density at radius 2 is 1.91 bits per heavy atom. The summed E-state index contributed by atoms with van der Waals surface area (Å²) < 4.78 is 25.2. The minimum Gasteiger partial charge on any atom is -0.494 e. The summed E-state index contributed by atoms with van der Waals surface area (Å²) in [5.41, 5.74) is 4.10. The molecule has 4 rings (SSSR count). The molecule has 0 aliphatic carbocycles.